The fourth-order valence-electron chi connectivity index (χ4n) is 2.15. The number of aryl methyl sites for hydroxylation is 2. The lowest BCUT2D eigenvalue weighted by Crippen LogP contribution is -2.19. The summed E-state index contributed by atoms with van der Waals surface area (Å²) in [6.45, 7) is 0.535. The second kappa shape index (κ2) is 4.78. The Kier molecular flexibility index (Phi) is 3.09. The summed E-state index contributed by atoms with van der Waals surface area (Å²) in [5, 5.41) is 7.33. The molecule has 0 spiro atoms. The number of ether oxygens (including phenoxy) is 1. The molecule has 0 bridgehead atoms. The van der Waals surface area contributed by atoms with E-state index in [4.69, 9.17) is 4.74 Å². The van der Waals surface area contributed by atoms with Gasteiger partial charge >= 0.3 is 0 Å². The average molecular weight is 294 g/mol. The van der Waals surface area contributed by atoms with E-state index >= 15 is 0 Å². The highest BCUT2D eigenvalue weighted by atomic mass is 32.2. The SMILES string of the molecule is Cn1nncc1NS(=O)(=O)c1cccc2c1OCCC2. The first-order valence-electron chi connectivity index (χ1n) is 6.20. The van der Waals surface area contributed by atoms with Gasteiger partial charge in [-0.15, -0.1) is 5.10 Å². The third-order valence-electron chi connectivity index (χ3n) is 3.14. The molecule has 0 fully saturated rings. The molecular formula is C12H14N4O3S. The molecule has 0 amide bonds. The molecule has 106 valence electrons. The van der Waals surface area contributed by atoms with Crippen LogP contribution in [0.1, 0.15) is 12.0 Å². The topological polar surface area (TPSA) is 86.1 Å². The van der Waals surface area contributed by atoms with Crippen LogP contribution in [0, 0.1) is 0 Å². The average Bonchev–Trinajstić information content (AvgIpc) is 2.83. The predicted octanol–water partition coefficient (Wildman–Crippen LogP) is 0.941. The number of nitrogens with one attached hydrogen (secondary N) is 1. The van der Waals surface area contributed by atoms with Crippen LogP contribution >= 0.6 is 0 Å². The Morgan fingerprint density at radius 1 is 1.40 bits per heavy atom. The second-order valence-corrected chi connectivity index (χ2v) is 6.20. The van der Waals surface area contributed by atoms with Crippen molar-refractivity contribution in [3.63, 3.8) is 0 Å². The second-order valence-electron chi connectivity index (χ2n) is 4.54. The van der Waals surface area contributed by atoms with E-state index in [0.29, 0.717) is 18.2 Å². The van der Waals surface area contributed by atoms with Crippen LogP contribution in [0.25, 0.3) is 0 Å². The van der Waals surface area contributed by atoms with Gasteiger partial charge in [0.15, 0.2) is 5.82 Å². The summed E-state index contributed by atoms with van der Waals surface area (Å²) < 4.78 is 34.3. The monoisotopic (exact) mass is 294 g/mol. The Balaban J connectivity index is 2.02. The van der Waals surface area contributed by atoms with E-state index in [1.807, 2.05) is 6.07 Å². The smallest absolute Gasteiger partial charge is 0.266 e. The van der Waals surface area contributed by atoms with Gasteiger partial charge in [-0.1, -0.05) is 17.3 Å². The van der Waals surface area contributed by atoms with Gasteiger partial charge in [0.1, 0.15) is 10.6 Å². The number of sulfonamides is 1. The van der Waals surface area contributed by atoms with Crippen molar-refractivity contribution in [3.05, 3.63) is 30.0 Å². The van der Waals surface area contributed by atoms with Crippen molar-refractivity contribution < 1.29 is 13.2 Å². The zero-order valence-electron chi connectivity index (χ0n) is 10.9. The summed E-state index contributed by atoms with van der Waals surface area (Å²) in [5.41, 5.74) is 0.919. The first-order chi connectivity index (χ1) is 9.58. The van der Waals surface area contributed by atoms with Gasteiger partial charge < -0.3 is 4.74 Å². The van der Waals surface area contributed by atoms with Crippen LogP contribution in [0.3, 0.4) is 0 Å². The van der Waals surface area contributed by atoms with Gasteiger partial charge in [0.2, 0.25) is 0 Å². The lowest BCUT2D eigenvalue weighted by molar-refractivity contribution is 0.280. The van der Waals surface area contributed by atoms with E-state index < -0.39 is 10.0 Å². The number of hydrogen-bond donors (Lipinski definition) is 1. The highest BCUT2D eigenvalue weighted by molar-refractivity contribution is 7.92. The number of anilines is 1. The van der Waals surface area contributed by atoms with Crippen LogP contribution in [0.2, 0.25) is 0 Å². The van der Waals surface area contributed by atoms with Gasteiger partial charge in [0.05, 0.1) is 12.8 Å². The lowest BCUT2D eigenvalue weighted by atomic mass is 10.1. The maximum Gasteiger partial charge on any atom is 0.266 e. The molecule has 7 nitrogen and oxygen atoms in total. The molecule has 1 aromatic heterocycles. The van der Waals surface area contributed by atoms with Crippen LogP contribution in [-0.4, -0.2) is 30.0 Å². The lowest BCUT2D eigenvalue weighted by Gasteiger charge is -2.20. The van der Waals surface area contributed by atoms with Gasteiger partial charge in [0, 0.05) is 7.05 Å². The summed E-state index contributed by atoms with van der Waals surface area (Å²) >= 11 is 0. The predicted molar refractivity (Wildman–Crippen MR) is 72.1 cm³/mol. The van der Waals surface area contributed by atoms with Crippen molar-refractivity contribution >= 4 is 15.8 Å². The third-order valence-corrected chi connectivity index (χ3v) is 4.52. The van der Waals surface area contributed by atoms with Crippen molar-refractivity contribution in [2.45, 2.75) is 17.7 Å². The zero-order valence-corrected chi connectivity index (χ0v) is 11.7. The van der Waals surface area contributed by atoms with Crippen molar-refractivity contribution in [2.75, 3.05) is 11.3 Å². The van der Waals surface area contributed by atoms with Crippen LogP contribution in [0.5, 0.6) is 5.75 Å². The third kappa shape index (κ3) is 2.22. The zero-order chi connectivity index (χ0) is 14.2. The number of aromatic nitrogens is 3. The highest BCUT2D eigenvalue weighted by Crippen LogP contribution is 2.32. The molecule has 0 radical (unpaired) electrons. The fourth-order valence-corrected chi connectivity index (χ4v) is 3.41. The molecule has 2 heterocycles. The van der Waals surface area contributed by atoms with Crippen molar-refractivity contribution in [1.82, 2.24) is 15.0 Å². The quantitative estimate of drug-likeness (QED) is 0.910. The van der Waals surface area contributed by atoms with Gasteiger partial charge in [-0.05, 0) is 24.5 Å². The Morgan fingerprint density at radius 3 is 3.00 bits per heavy atom. The minimum absolute atomic E-state index is 0.149. The number of para-hydroxylation sites is 1. The summed E-state index contributed by atoms with van der Waals surface area (Å²) in [6, 6.07) is 5.15. The Labute approximate surface area is 116 Å². The molecule has 0 saturated carbocycles. The Bertz CT molecular complexity index is 739. The molecule has 1 aliphatic rings. The van der Waals surface area contributed by atoms with Crippen molar-refractivity contribution in [1.29, 1.82) is 0 Å². The number of hydrogen-bond acceptors (Lipinski definition) is 5. The minimum Gasteiger partial charge on any atom is -0.492 e. The number of rotatable bonds is 3. The van der Waals surface area contributed by atoms with E-state index in [9.17, 15) is 8.42 Å². The number of benzene rings is 1. The van der Waals surface area contributed by atoms with Crippen LogP contribution in [0.15, 0.2) is 29.3 Å². The van der Waals surface area contributed by atoms with Crippen LogP contribution in [0.4, 0.5) is 5.82 Å². The van der Waals surface area contributed by atoms with Crippen LogP contribution < -0.4 is 9.46 Å². The Hall–Kier alpha value is -2.09. The maximum atomic E-state index is 12.5. The summed E-state index contributed by atoms with van der Waals surface area (Å²) in [5.74, 6) is 0.750. The van der Waals surface area contributed by atoms with Crippen molar-refractivity contribution in [2.24, 2.45) is 7.05 Å². The van der Waals surface area contributed by atoms with Gasteiger partial charge in [-0.3, -0.25) is 4.72 Å². The van der Waals surface area contributed by atoms with E-state index in [1.165, 1.54) is 16.9 Å². The number of fused-ring (bicyclic) bond motifs is 1. The molecule has 1 aromatic carbocycles. The highest BCUT2D eigenvalue weighted by Gasteiger charge is 2.24. The molecule has 3 rings (SSSR count). The molecule has 0 unspecified atom stereocenters. The molecule has 2 aromatic rings. The van der Waals surface area contributed by atoms with Gasteiger partial charge in [-0.25, -0.2) is 13.1 Å². The molecule has 8 heteroatoms. The molecule has 20 heavy (non-hydrogen) atoms. The van der Waals surface area contributed by atoms with Gasteiger partial charge in [-0.2, -0.15) is 0 Å². The Morgan fingerprint density at radius 2 is 2.25 bits per heavy atom. The molecule has 0 atom stereocenters. The van der Waals surface area contributed by atoms with E-state index in [2.05, 4.69) is 15.0 Å². The summed E-state index contributed by atoms with van der Waals surface area (Å²) in [6.07, 6.45) is 3.08. The molecule has 0 saturated heterocycles. The molecule has 1 N–H and O–H groups in total. The fraction of sp³-hybridized carbons (Fsp3) is 0.333. The van der Waals surface area contributed by atoms with E-state index in [-0.39, 0.29) is 4.90 Å². The largest absolute Gasteiger partial charge is 0.492 e. The van der Waals surface area contributed by atoms with Gasteiger partial charge in [0.25, 0.3) is 10.0 Å². The standard InChI is InChI=1S/C12H14N4O3S/c1-16-11(8-13-15-16)14-20(17,18)10-6-2-4-9-5-3-7-19-12(9)10/h2,4,6,8,14H,3,5,7H2,1H3. The summed E-state index contributed by atoms with van der Waals surface area (Å²) in [7, 11) is -2.11. The van der Waals surface area contributed by atoms with Crippen LogP contribution in [-0.2, 0) is 23.5 Å². The van der Waals surface area contributed by atoms with Crippen molar-refractivity contribution in [3.8, 4) is 5.75 Å². The minimum atomic E-state index is -3.72. The maximum absolute atomic E-state index is 12.5. The molecular weight excluding hydrogens is 280 g/mol. The number of nitrogens with zero attached hydrogens (tertiary/aromatic N) is 3. The summed E-state index contributed by atoms with van der Waals surface area (Å²) in [4.78, 5) is 0.149. The van der Waals surface area contributed by atoms with E-state index in [0.717, 1.165) is 18.4 Å². The normalized spacial score (nSPS) is 14.4. The molecule has 0 aliphatic carbocycles. The van der Waals surface area contributed by atoms with E-state index in [1.54, 1.807) is 13.1 Å². The first kappa shape index (κ1) is 12.9. The molecule has 1 aliphatic heterocycles. The first-order valence-corrected chi connectivity index (χ1v) is 7.68.